The zero-order chi connectivity index (χ0) is 16.9. The maximum absolute atomic E-state index is 11.7. The summed E-state index contributed by atoms with van der Waals surface area (Å²) >= 11 is 0. The highest BCUT2D eigenvalue weighted by molar-refractivity contribution is 6.04. The van der Waals surface area contributed by atoms with Crippen LogP contribution in [0.5, 0.6) is 0 Å². The van der Waals surface area contributed by atoms with E-state index in [0.717, 1.165) is 23.6 Å². The summed E-state index contributed by atoms with van der Waals surface area (Å²) in [5.74, 6) is 0.370. The third kappa shape index (κ3) is 3.29. The molecule has 0 fully saturated rings. The van der Waals surface area contributed by atoms with Crippen LogP contribution < -0.4 is 10.4 Å². The van der Waals surface area contributed by atoms with Crippen LogP contribution in [-0.2, 0) is 11.2 Å². The Morgan fingerprint density at radius 3 is 2.88 bits per heavy atom. The summed E-state index contributed by atoms with van der Waals surface area (Å²) in [7, 11) is 1.65. The Balaban J connectivity index is 1.92. The van der Waals surface area contributed by atoms with Gasteiger partial charge >= 0.3 is 0 Å². The molecule has 1 amide bonds. The average Bonchev–Trinajstić information content (AvgIpc) is 3.05. The number of methoxy groups -OCH3 is 1. The average molecular weight is 325 g/mol. The van der Waals surface area contributed by atoms with Gasteiger partial charge in [-0.1, -0.05) is 24.3 Å². The molecule has 1 aliphatic heterocycles. The number of amidine groups is 1. The first kappa shape index (κ1) is 16.2. The van der Waals surface area contributed by atoms with E-state index >= 15 is 0 Å². The lowest BCUT2D eigenvalue weighted by Gasteiger charge is -2.24. The highest BCUT2D eigenvalue weighted by Gasteiger charge is 2.21. The van der Waals surface area contributed by atoms with Gasteiger partial charge in [0, 0.05) is 31.3 Å². The molecule has 6 nitrogen and oxygen atoms in total. The highest BCUT2D eigenvalue weighted by Crippen LogP contribution is 2.29. The Hall–Kier alpha value is -2.70. The largest absolute Gasteiger partial charge is 0.383 e. The number of aliphatic imine (C=N–C) groups is 1. The zero-order valence-electron chi connectivity index (χ0n) is 13.4. The monoisotopic (exact) mass is 325 g/mol. The van der Waals surface area contributed by atoms with E-state index in [1.165, 1.54) is 5.56 Å². The number of hydroxylamine groups is 1. The van der Waals surface area contributed by atoms with Gasteiger partial charge in [0.1, 0.15) is 5.84 Å². The van der Waals surface area contributed by atoms with Crippen LogP contribution in [0.15, 0.2) is 53.5 Å². The number of anilines is 1. The van der Waals surface area contributed by atoms with Gasteiger partial charge in [-0.25, -0.2) is 10.5 Å². The number of rotatable bonds is 5. The lowest BCUT2D eigenvalue weighted by molar-refractivity contribution is 0.0706. The van der Waals surface area contributed by atoms with Gasteiger partial charge in [0.25, 0.3) is 5.91 Å². The van der Waals surface area contributed by atoms with Crippen molar-refractivity contribution in [1.29, 1.82) is 0 Å². The summed E-state index contributed by atoms with van der Waals surface area (Å²) in [6.45, 7) is 1.15. The molecular formula is C18H19N3O3. The molecule has 2 N–H and O–H groups in total. The van der Waals surface area contributed by atoms with Crippen molar-refractivity contribution in [3.8, 4) is 0 Å². The maximum Gasteiger partial charge on any atom is 0.274 e. The molecular weight excluding hydrogens is 306 g/mol. The molecule has 124 valence electrons. The summed E-state index contributed by atoms with van der Waals surface area (Å²) in [5, 5.41) is 8.83. The number of carbonyl (C=O) groups excluding carboxylic acids is 1. The van der Waals surface area contributed by atoms with Crippen molar-refractivity contribution in [3.63, 3.8) is 0 Å². The summed E-state index contributed by atoms with van der Waals surface area (Å²) in [6, 6.07) is 15.1. The SMILES string of the molecule is COCCN(C1=Nc2ccccc2C1)c1cccc(C(=O)NO)c1. The van der Waals surface area contributed by atoms with Crippen LogP contribution in [0.3, 0.4) is 0 Å². The Morgan fingerprint density at radius 2 is 2.12 bits per heavy atom. The molecule has 0 atom stereocenters. The van der Waals surface area contributed by atoms with E-state index in [2.05, 4.69) is 6.07 Å². The van der Waals surface area contributed by atoms with Crippen LogP contribution in [0, 0.1) is 0 Å². The number of hydrogen-bond acceptors (Lipinski definition) is 5. The fraction of sp³-hybridized carbons (Fsp3) is 0.222. The minimum absolute atomic E-state index is 0.383. The fourth-order valence-electron chi connectivity index (χ4n) is 2.74. The van der Waals surface area contributed by atoms with E-state index in [1.807, 2.05) is 29.2 Å². The van der Waals surface area contributed by atoms with Crippen LogP contribution in [-0.4, -0.2) is 37.2 Å². The summed E-state index contributed by atoms with van der Waals surface area (Å²) in [5.41, 5.74) is 5.03. The first-order valence-electron chi connectivity index (χ1n) is 7.69. The van der Waals surface area contributed by atoms with Crippen LogP contribution >= 0.6 is 0 Å². The van der Waals surface area contributed by atoms with Gasteiger partial charge < -0.3 is 9.64 Å². The van der Waals surface area contributed by atoms with Gasteiger partial charge in [0.15, 0.2) is 0 Å². The number of hydrogen-bond donors (Lipinski definition) is 2. The fourth-order valence-corrected chi connectivity index (χ4v) is 2.74. The molecule has 0 radical (unpaired) electrons. The number of nitrogens with one attached hydrogen (secondary N) is 1. The minimum atomic E-state index is -0.541. The summed E-state index contributed by atoms with van der Waals surface area (Å²) in [6.07, 6.45) is 0.732. The van der Waals surface area contributed by atoms with Crippen LogP contribution in [0.1, 0.15) is 15.9 Å². The maximum atomic E-state index is 11.7. The zero-order valence-corrected chi connectivity index (χ0v) is 13.4. The molecule has 0 aliphatic carbocycles. The molecule has 3 rings (SSSR count). The molecule has 0 unspecified atom stereocenters. The third-order valence-electron chi connectivity index (χ3n) is 3.94. The molecule has 0 spiro atoms. The predicted octanol–water partition coefficient (Wildman–Crippen LogP) is 2.54. The van der Waals surface area contributed by atoms with Crippen molar-refractivity contribution in [1.82, 2.24) is 5.48 Å². The van der Waals surface area contributed by atoms with Crippen molar-refractivity contribution in [3.05, 3.63) is 59.7 Å². The second-order valence-corrected chi connectivity index (χ2v) is 5.47. The molecule has 1 aliphatic rings. The first-order valence-corrected chi connectivity index (χ1v) is 7.69. The number of para-hydroxylation sites is 1. The van der Waals surface area contributed by atoms with Gasteiger partial charge in [0.05, 0.1) is 12.3 Å². The lowest BCUT2D eigenvalue weighted by atomic mass is 10.1. The molecule has 0 saturated carbocycles. The van der Waals surface area contributed by atoms with E-state index in [9.17, 15) is 4.79 Å². The standard InChI is InChI=1S/C18H19N3O3/c1-24-10-9-21(15-7-4-6-14(11-15)18(22)20-23)17-12-13-5-2-3-8-16(13)19-17/h2-8,11,23H,9-10,12H2,1H3,(H,20,22). The summed E-state index contributed by atoms with van der Waals surface area (Å²) in [4.78, 5) is 18.4. The van der Waals surface area contributed by atoms with Crippen molar-refractivity contribution >= 4 is 23.1 Å². The molecule has 6 heteroatoms. The molecule has 0 aromatic heterocycles. The van der Waals surface area contributed by atoms with Gasteiger partial charge in [-0.05, 0) is 29.8 Å². The first-order chi connectivity index (χ1) is 11.7. The van der Waals surface area contributed by atoms with Crippen molar-refractivity contribution in [2.75, 3.05) is 25.2 Å². The van der Waals surface area contributed by atoms with Crippen molar-refractivity contribution < 1.29 is 14.7 Å². The second kappa shape index (κ2) is 7.25. The molecule has 24 heavy (non-hydrogen) atoms. The second-order valence-electron chi connectivity index (χ2n) is 5.47. The van der Waals surface area contributed by atoms with E-state index in [4.69, 9.17) is 14.9 Å². The Morgan fingerprint density at radius 1 is 1.29 bits per heavy atom. The molecule has 2 aromatic carbocycles. The minimum Gasteiger partial charge on any atom is -0.383 e. The van der Waals surface area contributed by atoms with E-state index < -0.39 is 5.91 Å². The lowest BCUT2D eigenvalue weighted by Crippen LogP contribution is -2.34. The normalized spacial score (nSPS) is 12.5. The van der Waals surface area contributed by atoms with E-state index in [1.54, 1.807) is 30.8 Å². The van der Waals surface area contributed by atoms with Gasteiger partial charge in [-0.15, -0.1) is 0 Å². The van der Waals surface area contributed by atoms with Crippen LogP contribution in [0.2, 0.25) is 0 Å². The predicted molar refractivity (Wildman–Crippen MR) is 92.2 cm³/mol. The Labute approximate surface area is 140 Å². The van der Waals surface area contributed by atoms with E-state index in [0.29, 0.717) is 18.7 Å². The number of amides is 1. The van der Waals surface area contributed by atoms with E-state index in [-0.39, 0.29) is 0 Å². The number of ether oxygens (including phenoxy) is 1. The van der Waals surface area contributed by atoms with Gasteiger partial charge in [0.2, 0.25) is 0 Å². The number of benzene rings is 2. The Kier molecular flexibility index (Phi) is 4.88. The summed E-state index contributed by atoms with van der Waals surface area (Å²) < 4.78 is 5.21. The van der Waals surface area contributed by atoms with Gasteiger partial charge in [-0.2, -0.15) is 0 Å². The third-order valence-corrected chi connectivity index (χ3v) is 3.94. The number of nitrogens with zero attached hydrogens (tertiary/aromatic N) is 2. The number of fused-ring (bicyclic) bond motifs is 1. The highest BCUT2D eigenvalue weighted by atomic mass is 16.5. The van der Waals surface area contributed by atoms with Crippen LogP contribution in [0.25, 0.3) is 0 Å². The smallest absolute Gasteiger partial charge is 0.274 e. The molecule has 0 bridgehead atoms. The van der Waals surface area contributed by atoms with Crippen molar-refractivity contribution in [2.24, 2.45) is 4.99 Å². The molecule has 2 aromatic rings. The quantitative estimate of drug-likeness (QED) is 0.654. The van der Waals surface area contributed by atoms with Gasteiger partial charge in [-0.3, -0.25) is 10.0 Å². The Bertz CT molecular complexity index is 774. The molecule has 1 heterocycles. The number of carbonyl (C=O) groups is 1. The van der Waals surface area contributed by atoms with Crippen LogP contribution in [0.4, 0.5) is 11.4 Å². The molecule has 0 saturated heterocycles. The topological polar surface area (TPSA) is 74.2 Å². The van der Waals surface area contributed by atoms with Crippen molar-refractivity contribution in [2.45, 2.75) is 6.42 Å².